The first kappa shape index (κ1) is 9.72. The lowest BCUT2D eigenvalue weighted by Crippen LogP contribution is -2.37. The Labute approximate surface area is 74.0 Å². The van der Waals surface area contributed by atoms with Crippen molar-refractivity contribution in [2.24, 2.45) is 5.92 Å². The van der Waals surface area contributed by atoms with Gasteiger partial charge in [-0.2, -0.15) is 0 Å². The molecule has 1 aliphatic rings. The van der Waals surface area contributed by atoms with Crippen LogP contribution in [0.4, 0.5) is 0 Å². The van der Waals surface area contributed by atoms with Crippen LogP contribution in [0.3, 0.4) is 0 Å². The summed E-state index contributed by atoms with van der Waals surface area (Å²) in [6, 6.07) is 0. The number of carbonyl (C=O) groups excluding carboxylic acids is 1. The lowest BCUT2D eigenvalue weighted by atomic mass is 9.89. The van der Waals surface area contributed by atoms with Crippen LogP contribution in [-0.2, 0) is 4.79 Å². The Bertz CT molecular complexity index is 167. The highest BCUT2D eigenvalue weighted by molar-refractivity contribution is 5.87. The second kappa shape index (κ2) is 3.56. The van der Waals surface area contributed by atoms with Crippen LogP contribution in [0.2, 0.25) is 0 Å². The van der Waals surface area contributed by atoms with Gasteiger partial charge in [0.2, 0.25) is 0 Å². The molecule has 0 aromatic heterocycles. The monoisotopic (exact) mass is 170 g/mol. The Kier molecular flexibility index (Phi) is 2.89. The molecule has 1 rings (SSSR count). The number of rotatable bonds is 5. The van der Waals surface area contributed by atoms with Gasteiger partial charge in [-0.3, -0.25) is 4.79 Å². The lowest BCUT2D eigenvalue weighted by molar-refractivity contribution is -0.138. The van der Waals surface area contributed by atoms with Gasteiger partial charge in [0.05, 0.1) is 0 Å². The molecular formula is C10H18O2. The number of aliphatic hydroxyl groups is 1. The summed E-state index contributed by atoms with van der Waals surface area (Å²) in [4.78, 5) is 11.5. The van der Waals surface area contributed by atoms with Crippen molar-refractivity contribution in [3.63, 3.8) is 0 Å². The molecule has 1 aliphatic carbocycles. The summed E-state index contributed by atoms with van der Waals surface area (Å²) in [6.45, 7) is 3.74. The van der Waals surface area contributed by atoms with Gasteiger partial charge in [0.1, 0.15) is 5.60 Å². The Morgan fingerprint density at radius 3 is 2.25 bits per heavy atom. The van der Waals surface area contributed by atoms with E-state index in [-0.39, 0.29) is 5.78 Å². The largest absolute Gasteiger partial charge is 0.382 e. The van der Waals surface area contributed by atoms with E-state index >= 15 is 0 Å². The number of ketones is 1. The molecule has 1 fully saturated rings. The van der Waals surface area contributed by atoms with Crippen molar-refractivity contribution in [1.29, 1.82) is 0 Å². The highest BCUT2D eigenvalue weighted by Gasteiger charge is 2.35. The number of hydrogen-bond donors (Lipinski definition) is 1. The summed E-state index contributed by atoms with van der Waals surface area (Å²) in [5.74, 6) is 0.636. The molecule has 2 nitrogen and oxygen atoms in total. The topological polar surface area (TPSA) is 37.3 Å². The van der Waals surface area contributed by atoms with Gasteiger partial charge in [0.25, 0.3) is 0 Å². The molecule has 12 heavy (non-hydrogen) atoms. The maximum absolute atomic E-state index is 11.5. The van der Waals surface area contributed by atoms with Gasteiger partial charge in [0.15, 0.2) is 5.78 Å². The molecule has 0 heterocycles. The Morgan fingerprint density at radius 1 is 1.42 bits per heavy atom. The third kappa shape index (κ3) is 2.07. The average molecular weight is 170 g/mol. The Balaban J connectivity index is 2.45. The Hall–Kier alpha value is -0.370. The molecule has 2 heteroatoms. The Morgan fingerprint density at radius 2 is 1.92 bits per heavy atom. The minimum Gasteiger partial charge on any atom is -0.382 e. The number of carbonyl (C=O) groups is 1. The third-order valence-electron chi connectivity index (χ3n) is 2.86. The maximum Gasteiger partial charge on any atom is 0.164 e. The molecular weight excluding hydrogens is 152 g/mol. The highest BCUT2D eigenvalue weighted by atomic mass is 16.3. The van der Waals surface area contributed by atoms with Crippen LogP contribution < -0.4 is 0 Å². The predicted octanol–water partition coefficient (Wildman–Crippen LogP) is 1.91. The predicted molar refractivity (Wildman–Crippen MR) is 47.9 cm³/mol. The van der Waals surface area contributed by atoms with Crippen molar-refractivity contribution in [3.8, 4) is 0 Å². The van der Waals surface area contributed by atoms with Crippen LogP contribution in [-0.4, -0.2) is 16.5 Å². The SMILES string of the molecule is CCC(O)(CC)C(=O)CC1CC1. The zero-order chi connectivity index (χ0) is 9.19. The zero-order valence-corrected chi connectivity index (χ0v) is 7.97. The molecule has 0 saturated heterocycles. The fourth-order valence-electron chi connectivity index (χ4n) is 1.42. The lowest BCUT2D eigenvalue weighted by Gasteiger charge is -2.23. The first-order valence-electron chi connectivity index (χ1n) is 4.88. The third-order valence-corrected chi connectivity index (χ3v) is 2.86. The first-order valence-corrected chi connectivity index (χ1v) is 4.88. The van der Waals surface area contributed by atoms with Crippen molar-refractivity contribution < 1.29 is 9.90 Å². The first-order chi connectivity index (χ1) is 5.62. The quantitative estimate of drug-likeness (QED) is 0.684. The molecule has 70 valence electrons. The fourth-order valence-corrected chi connectivity index (χ4v) is 1.42. The van der Waals surface area contributed by atoms with E-state index in [1.54, 1.807) is 0 Å². The minimum atomic E-state index is -1.03. The van der Waals surface area contributed by atoms with Crippen LogP contribution in [0.5, 0.6) is 0 Å². The van der Waals surface area contributed by atoms with Crippen molar-refractivity contribution in [1.82, 2.24) is 0 Å². The van der Waals surface area contributed by atoms with Crippen molar-refractivity contribution in [2.75, 3.05) is 0 Å². The van der Waals surface area contributed by atoms with Gasteiger partial charge in [-0.05, 0) is 31.6 Å². The molecule has 0 amide bonds. The second-order valence-corrected chi connectivity index (χ2v) is 3.81. The standard InChI is InChI=1S/C10H18O2/c1-3-10(12,4-2)9(11)7-8-5-6-8/h8,12H,3-7H2,1-2H3. The summed E-state index contributed by atoms with van der Waals surface area (Å²) in [6.07, 6.45) is 4.05. The maximum atomic E-state index is 11.5. The van der Waals surface area contributed by atoms with Gasteiger partial charge >= 0.3 is 0 Å². The van der Waals surface area contributed by atoms with E-state index < -0.39 is 5.60 Å². The van der Waals surface area contributed by atoms with E-state index in [2.05, 4.69) is 0 Å². The molecule has 0 atom stereocenters. The summed E-state index contributed by atoms with van der Waals surface area (Å²) in [5, 5.41) is 9.82. The highest BCUT2D eigenvalue weighted by Crippen LogP contribution is 2.34. The zero-order valence-electron chi connectivity index (χ0n) is 7.97. The van der Waals surface area contributed by atoms with E-state index in [1.807, 2.05) is 13.8 Å². The van der Waals surface area contributed by atoms with Crippen molar-refractivity contribution in [2.45, 2.75) is 51.6 Å². The van der Waals surface area contributed by atoms with Crippen LogP contribution in [0.25, 0.3) is 0 Å². The molecule has 0 unspecified atom stereocenters. The van der Waals surface area contributed by atoms with E-state index in [0.717, 1.165) is 0 Å². The normalized spacial score (nSPS) is 17.9. The molecule has 0 spiro atoms. The van der Waals surface area contributed by atoms with E-state index in [9.17, 15) is 9.90 Å². The average Bonchev–Trinajstić information content (AvgIpc) is 2.86. The fraction of sp³-hybridized carbons (Fsp3) is 0.900. The van der Waals surface area contributed by atoms with E-state index in [1.165, 1.54) is 12.8 Å². The summed E-state index contributed by atoms with van der Waals surface area (Å²) in [7, 11) is 0. The minimum absolute atomic E-state index is 0.0509. The molecule has 1 saturated carbocycles. The van der Waals surface area contributed by atoms with Gasteiger partial charge in [-0.25, -0.2) is 0 Å². The number of Topliss-reactive ketones (excluding diaryl/α,β-unsaturated/α-hetero) is 1. The second-order valence-electron chi connectivity index (χ2n) is 3.81. The smallest absolute Gasteiger partial charge is 0.164 e. The van der Waals surface area contributed by atoms with E-state index in [0.29, 0.717) is 25.2 Å². The van der Waals surface area contributed by atoms with Gasteiger partial charge in [-0.15, -0.1) is 0 Å². The molecule has 0 radical (unpaired) electrons. The molecule has 0 aromatic carbocycles. The summed E-state index contributed by atoms with van der Waals surface area (Å²) >= 11 is 0. The van der Waals surface area contributed by atoms with Gasteiger partial charge in [0, 0.05) is 6.42 Å². The van der Waals surface area contributed by atoms with E-state index in [4.69, 9.17) is 0 Å². The molecule has 0 bridgehead atoms. The molecule has 1 N–H and O–H groups in total. The molecule has 0 aliphatic heterocycles. The summed E-state index contributed by atoms with van der Waals surface area (Å²) in [5.41, 5.74) is -1.03. The van der Waals surface area contributed by atoms with Gasteiger partial charge < -0.3 is 5.11 Å². The van der Waals surface area contributed by atoms with Gasteiger partial charge in [-0.1, -0.05) is 13.8 Å². The van der Waals surface area contributed by atoms with Crippen LogP contribution >= 0.6 is 0 Å². The van der Waals surface area contributed by atoms with Crippen LogP contribution in [0, 0.1) is 5.92 Å². The summed E-state index contributed by atoms with van der Waals surface area (Å²) < 4.78 is 0. The van der Waals surface area contributed by atoms with Crippen LogP contribution in [0.15, 0.2) is 0 Å². The number of hydrogen-bond acceptors (Lipinski definition) is 2. The van der Waals surface area contributed by atoms with Crippen molar-refractivity contribution >= 4 is 5.78 Å². The van der Waals surface area contributed by atoms with Crippen LogP contribution in [0.1, 0.15) is 46.0 Å². The van der Waals surface area contributed by atoms with Crippen molar-refractivity contribution in [3.05, 3.63) is 0 Å². The molecule has 0 aromatic rings.